The molecule has 0 radical (unpaired) electrons. The number of halogens is 3. The van der Waals surface area contributed by atoms with Crippen LogP contribution in [0.15, 0.2) is 83.9 Å². The number of methoxy groups -OCH3 is 1. The van der Waals surface area contributed by atoms with Crippen molar-refractivity contribution in [2.75, 3.05) is 20.2 Å². The number of ether oxygens (including phenoxy) is 1. The van der Waals surface area contributed by atoms with Gasteiger partial charge < -0.3 is 14.6 Å². The van der Waals surface area contributed by atoms with Gasteiger partial charge in [0.05, 0.1) is 24.1 Å². The van der Waals surface area contributed by atoms with Gasteiger partial charge in [0.25, 0.3) is 0 Å². The monoisotopic (exact) mass is 587 g/mol. The molecule has 0 bridgehead atoms. The van der Waals surface area contributed by atoms with Gasteiger partial charge in [-0.2, -0.15) is 17.5 Å². The first kappa shape index (κ1) is 30.1. The minimum atomic E-state index is -4.48. The van der Waals surface area contributed by atoms with Crippen molar-refractivity contribution in [2.24, 2.45) is 0 Å². The number of hydrogen-bond donors (Lipinski definition) is 1. The largest absolute Gasteiger partial charge is 0.497 e. The molecule has 0 fully saturated rings. The fourth-order valence-corrected chi connectivity index (χ4v) is 6.15. The first-order valence-corrected chi connectivity index (χ1v) is 14.5. The smallest absolute Gasteiger partial charge is 0.416 e. The van der Waals surface area contributed by atoms with Crippen molar-refractivity contribution < 1.29 is 31.1 Å². The lowest BCUT2D eigenvalue weighted by atomic mass is 10.1. The highest BCUT2D eigenvalue weighted by atomic mass is 32.2. The van der Waals surface area contributed by atoms with Gasteiger partial charge in [0.1, 0.15) is 5.75 Å². The molecule has 0 spiro atoms. The summed E-state index contributed by atoms with van der Waals surface area (Å²) in [4.78, 5) is 18.4. The van der Waals surface area contributed by atoms with Crippen LogP contribution in [0.4, 0.5) is 13.2 Å². The van der Waals surface area contributed by atoms with Crippen molar-refractivity contribution >= 4 is 26.8 Å². The van der Waals surface area contributed by atoms with E-state index in [4.69, 9.17) is 4.74 Å². The Labute approximate surface area is 237 Å². The highest BCUT2D eigenvalue weighted by molar-refractivity contribution is 7.89. The summed E-state index contributed by atoms with van der Waals surface area (Å²) in [5.41, 5.74) is 1.63. The summed E-state index contributed by atoms with van der Waals surface area (Å²) in [5, 5.41) is 1.00. The van der Waals surface area contributed by atoms with Gasteiger partial charge in [-0.15, -0.1) is 0 Å². The van der Waals surface area contributed by atoms with E-state index in [1.165, 1.54) is 48.4 Å². The lowest BCUT2D eigenvalue weighted by Gasteiger charge is -2.29. The molecule has 218 valence electrons. The van der Waals surface area contributed by atoms with Gasteiger partial charge in [-0.05, 0) is 73.9 Å². The topological polar surface area (TPSA) is 82.7 Å². The minimum absolute atomic E-state index is 0.0212. The number of nitrogens with zero attached hydrogens (tertiary/aromatic N) is 2. The van der Waals surface area contributed by atoms with E-state index in [1.54, 1.807) is 13.8 Å². The molecule has 7 nitrogen and oxygen atoms in total. The number of sulfonamides is 1. The predicted octanol–water partition coefficient (Wildman–Crippen LogP) is 5.87. The van der Waals surface area contributed by atoms with Crippen LogP contribution in [0.5, 0.6) is 5.75 Å². The first-order valence-electron chi connectivity index (χ1n) is 13.0. The molecule has 0 saturated carbocycles. The molecule has 1 N–H and O–H groups in total. The maximum Gasteiger partial charge on any atom is 0.416 e. The lowest BCUT2D eigenvalue weighted by molar-refractivity contribution is -0.137. The number of carbonyl (C=O) groups is 1. The first-order chi connectivity index (χ1) is 19.4. The Balaban J connectivity index is 1.59. The van der Waals surface area contributed by atoms with E-state index in [9.17, 15) is 26.4 Å². The number of para-hydroxylation sites is 1. The van der Waals surface area contributed by atoms with Crippen LogP contribution < -0.4 is 4.74 Å². The third-order valence-electron chi connectivity index (χ3n) is 6.87. The molecule has 4 rings (SSSR count). The Hall–Kier alpha value is -3.83. The van der Waals surface area contributed by atoms with Crippen LogP contribution in [-0.2, 0) is 34.0 Å². The Kier molecular flexibility index (Phi) is 9.08. The minimum Gasteiger partial charge on any atom is -0.497 e. The molecule has 0 aliphatic rings. The standard InChI is InChI=1S/C30H32F3N3O4S/c1-21(2)36(41(38,39)26-14-12-25(40-3)13-15-26)20-29(37)35(19-22-8-10-24(11-9-22)30(31,32)33)17-16-23-18-34-28-7-5-4-6-27(23)28/h4-15,18,21,34H,16-17,19-20H2,1-3H3. The van der Waals surface area contributed by atoms with E-state index in [2.05, 4.69) is 4.98 Å². The van der Waals surface area contributed by atoms with Crippen molar-refractivity contribution in [2.45, 2.75) is 43.9 Å². The summed E-state index contributed by atoms with van der Waals surface area (Å²) in [6, 6.07) is 17.7. The third-order valence-corrected chi connectivity index (χ3v) is 8.90. The van der Waals surface area contributed by atoms with Crippen LogP contribution in [-0.4, -0.2) is 54.8 Å². The van der Waals surface area contributed by atoms with E-state index in [0.717, 1.165) is 32.9 Å². The van der Waals surface area contributed by atoms with Gasteiger partial charge in [0, 0.05) is 36.2 Å². The zero-order chi connectivity index (χ0) is 29.8. The zero-order valence-electron chi connectivity index (χ0n) is 23.0. The molecule has 3 aromatic carbocycles. The summed E-state index contributed by atoms with van der Waals surface area (Å²) in [5.74, 6) is 0.0339. The van der Waals surface area contributed by atoms with Gasteiger partial charge in [-0.1, -0.05) is 30.3 Å². The highest BCUT2D eigenvalue weighted by Crippen LogP contribution is 2.29. The van der Waals surface area contributed by atoms with Gasteiger partial charge >= 0.3 is 6.18 Å². The second kappa shape index (κ2) is 12.4. The number of aromatic amines is 1. The SMILES string of the molecule is COc1ccc(S(=O)(=O)N(CC(=O)N(CCc2c[nH]c3ccccc23)Cc2ccc(C(F)(F)F)cc2)C(C)C)cc1. The Morgan fingerprint density at radius 2 is 1.63 bits per heavy atom. The molecule has 1 amide bonds. The van der Waals surface area contributed by atoms with Crippen LogP contribution in [0.1, 0.15) is 30.5 Å². The average Bonchev–Trinajstić information content (AvgIpc) is 3.36. The average molecular weight is 588 g/mol. The van der Waals surface area contributed by atoms with Crippen molar-refractivity contribution in [3.05, 3.63) is 95.7 Å². The Morgan fingerprint density at radius 3 is 2.24 bits per heavy atom. The van der Waals surface area contributed by atoms with Gasteiger partial charge in [-0.25, -0.2) is 8.42 Å². The maximum atomic E-state index is 13.7. The highest BCUT2D eigenvalue weighted by Gasteiger charge is 2.32. The number of amides is 1. The molecule has 0 aliphatic heterocycles. The molecular formula is C30H32F3N3O4S. The summed E-state index contributed by atoms with van der Waals surface area (Å²) >= 11 is 0. The van der Waals surface area contributed by atoms with Crippen LogP contribution in [0.3, 0.4) is 0 Å². The van der Waals surface area contributed by atoms with E-state index >= 15 is 0 Å². The number of rotatable bonds is 11. The summed E-state index contributed by atoms with van der Waals surface area (Å²) in [7, 11) is -2.56. The van der Waals surface area contributed by atoms with Gasteiger partial charge in [-0.3, -0.25) is 4.79 Å². The number of hydrogen-bond acceptors (Lipinski definition) is 4. The van der Waals surface area contributed by atoms with Crippen LogP contribution >= 0.6 is 0 Å². The number of nitrogens with one attached hydrogen (secondary N) is 1. The van der Waals surface area contributed by atoms with Crippen molar-refractivity contribution in [3.63, 3.8) is 0 Å². The van der Waals surface area contributed by atoms with E-state index in [-0.39, 0.29) is 18.0 Å². The van der Waals surface area contributed by atoms with Crippen molar-refractivity contribution in [3.8, 4) is 5.75 Å². The molecule has 0 unspecified atom stereocenters. The molecule has 0 atom stereocenters. The Morgan fingerprint density at radius 1 is 0.976 bits per heavy atom. The zero-order valence-corrected chi connectivity index (χ0v) is 23.8. The fraction of sp³-hybridized carbons (Fsp3) is 0.300. The predicted molar refractivity (Wildman–Crippen MR) is 151 cm³/mol. The second-order valence-corrected chi connectivity index (χ2v) is 11.8. The second-order valence-electron chi connectivity index (χ2n) is 9.94. The van der Waals surface area contributed by atoms with Gasteiger partial charge in [0.2, 0.25) is 15.9 Å². The van der Waals surface area contributed by atoms with E-state index in [1.807, 2.05) is 30.5 Å². The number of benzene rings is 3. The number of H-pyrrole nitrogens is 1. The Bertz CT molecular complexity index is 1580. The van der Waals surface area contributed by atoms with Gasteiger partial charge in [0.15, 0.2) is 0 Å². The fourth-order valence-electron chi connectivity index (χ4n) is 4.57. The molecular weight excluding hydrogens is 555 g/mol. The number of aromatic nitrogens is 1. The lowest BCUT2D eigenvalue weighted by Crippen LogP contribution is -2.46. The molecule has 4 aromatic rings. The summed E-state index contributed by atoms with van der Waals surface area (Å²) in [6.45, 7) is 3.19. The van der Waals surface area contributed by atoms with Crippen LogP contribution in [0, 0.1) is 0 Å². The number of fused-ring (bicyclic) bond motifs is 1. The van der Waals surface area contributed by atoms with Crippen LogP contribution in [0.25, 0.3) is 10.9 Å². The van der Waals surface area contributed by atoms with Crippen LogP contribution in [0.2, 0.25) is 0 Å². The van der Waals surface area contributed by atoms with E-state index < -0.39 is 40.3 Å². The molecule has 0 saturated heterocycles. The molecule has 41 heavy (non-hydrogen) atoms. The number of alkyl halides is 3. The molecule has 11 heteroatoms. The van der Waals surface area contributed by atoms with Crippen molar-refractivity contribution in [1.29, 1.82) is 0 Å². The normalized spacial score (nSPS) is 12.3. The molecule has 0 aliphatic carbocycles. The summed E-state index contributed by atoms with van der Waals surface area (Å²) < 4.78 is 72.6. The van der Waals surface area contributed by atoms with E-state index in [0.29, 0.717) is 17.7 Å². The molecule has 1 aromatic heterocycles. The third kappa shape index (κ3) is 7.09. The molecule has 1 heterocycles. The maximum absolute atomic E-state index is 13.7. The quantitative estimate of drug-likeness (QED) is 0.238. The number of carbonyl (C=O) groups excluding carboxylic acids is 1. The van der Waals surface area contributed by atoms with Crippen molar-refractivity contribution in [1.82, 2.24) is 14.2 Å². The summed E-state index contributed by atoms with van der Waals surface area (Å²) in [6.07, 6.45) is -2.15.